The maximum Gasteiger partial charge on any atom is 0.0362 e. The number of benzene rings is 1. The van der Waals surface area contributed by atoms with Gasteiger partial charge in [-0.1, -0.05) is 66.6 Å². The molecule has 3 rings (SSSR count). The van der Waals surface area contributed by atoms with E-state index < -0.39 is 0 Å². The summed E-state index contributed by atoms with van der Waals surface area (Å²) in [5.74, 6) is 0. The van der Waals surface area contributed by atoms with Gasteiger partial charge in [-0.15, -0.1) is 0 Å². The lowest BCUT2D eigenvalue weighted by atomic mass is 9.71. The van der Waals surface area contributed by atoms with Crippen molar-refractivity contribution in [2.24, 2.45) is 0 Å². The third-order valence-corrected chi connectivity index (χ3v) is 4.48. The van der Waals surface area contributed by atoms with Crippen LogP contribution in [0.5, 0.6) is 0 Å². The first kappa shape index (κ1) is 13.2. The van der Waals surface area contributed by atoms with Crippen LogP contribution in [0.2, 0.25) is 0 Å². The molecular formula is C20H22. The molecule has 0 heterocycles. The Bertz CT molecular complexity index is 660. The Balaban J connectivity index is 2.13. The van der Waals surface area contributed by atoms with E-state index in [0.29, 0.717) is 0 Å². The molecule has 0 bridgehead atoms. The molecule has 0 heteroatoms. The van der Waals surface area contributed by atoms with Gasteiger partial charge in [0.25, 0.3) is 0 Å². The summed E-state index contributed by atoms with van der Waals surface area (Å²) in [6, 6.07) is 6.89. The van der Waals surface area contributed by atoms with E-state index in [2.05, 4.69) is 76.3 Å². The average molecular weight is 262 g/mol. The molecule has 0 N–H and O–H groups in total. The van der Waals surface area contributed by atoms with Crippen LogP contribution in [0.15, 0.2) is 65.3 Å². The molecule has 0 saturated heterocycles. The fourth-order valence-electron chi connectivity index (χ4n) is 3.34. The Labute approximate surface area is 122 Å². The number of aryl methyl sites for hydroxylation is 2. The lowest BCUT2D eigenvalue weighted by Gasteiger charge is -2.32. The number of allylic oxidation sites excluding steroid dienone is 8. The van der Waals surface area contributed by atoms with Gasteiger partial charge in [-0.2, -0.15) is 0 Å². The summed E-state index contributed by atoms with van der Waals surface area (Å²) in [5.41, 5.74) is 8.34. The van der Waals surface area contributed by atoms with Crippen LogP contribution in [0.1, 0.15) is 37.0 Å². The Morgan fingerprint density at radius 1 is 1.00 bits per heavy atom. The summed E-state index contributed by atoms with van der Waals surface area (Å²) >= 11 is 0. The molecule has 20 heavy (non-hydrogen) atoms. The number of fused-ring (bicyclic) bond motifs is 1. The monoisotopic (exact) mass is 262 g/mol. The van der Waals surface area contributed by atoms with Gasteiger partial charge in [-0.25, -0.2) is 0 Å². The molecule has 0 saturated carbocycles. The minimum Gasteiger partial charge on any atom is -0.0698 e. The van der Waals surface area contributed by atoms with E-state index in [1.54, 1.807) is 0 Å². The van der Waals surface area contributed by atoms with Gasteiger partial charge in [-0.3, -0.25) is 0 Å². The molecule has 1 aromatic carbocycles. The van der Waals surface area contributed by atoms with Crippen LogP contribution in [-0.4, -0.2) is 0 Å². The van der Waals surface area contributed by atoms with E-state index >= 15 is 0 Å². The summed E-state index contributed by atoms with van der Waals surface area (Å²) in [4.78, 5) is 0. The van der Waals surface area contributed by atoms with Gasteiger partial charge in [0.1, 0.15) is 0 Å². The van der Waals surface area contributed by atoms with Crippen molar-refractivity contribution >= 4 is 0 Å². The fourth-order valence-corrected chi connectivity index (χ4v) is 3.34. The zero-order valence-electron chi connectivity index (χ0n) is 12.8. The minimum absolute atomic E-state index is 0.00567. The largest absolute Gasteiger partial charge is 0.0698 e. The highest BCUT2D eigenvalue weighted by Crippen LogP contribution is 2.44. The average Bonchev–Trinajstić information content (AvgIpc) is 2.82. The molecule has 2 aliphatic rings. The Hall–Kier alpha value is -1.82. The van der Waals surface area contributed by atoms with Crippen LogP contribution in [0.25, 0.3) is 0 Å². The van der Waals surface area contributed by atoms with Crippen molar-refractivity contribution in [2.75, 3.05) is 0 Å². The van der Waals surface area contributed by atoms with Crippen LogP contribution in [0, 0.1) is 13.8 Å². The lowest BCUT2D eigenvalue weighted by molar-refractivity contribution is 0.710. The van der Waals surface area contributed by atoms with Gasteiger partial charge in [0.15, 0.2) is 0 Å². The van der Waals surface area contributed by atoms with Gasteiger partial charge in [0, 0.05) is 5.41 Å². The quantitative estimate of drug-likeness (QED) is 0.675. The molecule has 0 amide bonds. The summed E-state index contributed by atoms with van der Waals surface area (Å²) in [6.45, 7) is 8.93. The van der Waals surface area contributed by atoms with Crippen LogP contribution in [0.4, 0.5) is 0 Å². The van der Waals surface area contributed by atoms with Crippen LogP contribution < -0.4 is 0 Å². The van der Waals surface area contributed by atoms with Gasteiger partial charge >= 0.3 is 0 Å². The third-order valence-electron chi connectivity index (χ3n) is 4.48. The highest BCUT2D eigenvalue weighted by molar-refractivity contribution is 5.64. The highest BCUT2D eigenvalue weighted by Gasteiger charge is 2.33. The van der Waals surface area contributed by atoms with Gasteiger partial charge < -0.3 is 0 Å². The van der Waals surface area contributed by atoms with E-state index in [0.717, 1.165) is 6.42 Å². The number of hydrogen-bond acceptors (Lipinski definition) is 0. The van der Waals surface area contributed by atoms with E-state index in [1.807, 2.05) is 0 Å². The molecule has 1 atom stereocenters. The minimum atomic E-state index is -0.00567. The second-order valence-electron chi connectivity index (χ2n) is 6.19. The molecule has 2 aliphatic carbocycles. The van der Waals surface area contributed by atoms with Crippen LogP contribution >= 0.6 is 0 Å². The smallest absolute Gasteiger partial charge is 0.0362 e. The van der Waals surface area contributed by atoms with Gasteiger partial charge in [-0.05, 0) is 49.5 Å². The van der Waals surface area contributed by atoms with Crippen molar-refractivity contribution in [1.82, 2.24) is 0 Å². The lowest BCUT2D eigenvalue weighted by Crippen LogP contribution is -2.24. The maximum atomic E-state index is 2.38. The molecule has 0 nitrogen and oxygen atoms in total. The SMILES string of the molecule is CCC1=CC2=CC=CC(C)(c3cc(C)cc(C)c3)C2=C1. The molecule has 1 unspecified atom stereocenters. The van der Waals surface area contributed by atoms with Crippen molar-refractivity contribution in [2.45, 2.75) is 39.5 Å². The topological polar surface area (TPSA) is 0 Å². The van der Waals surface area contributed by atoms with Crippen molar-refractivity contribution in [3.63, 3.8) is 0 Å². The number of rotatable bonds is 2. The first-order valence-electron chi connectivity index (χ1n) is 7.44. The van der Waals surface area contributed by atoms with Crippen LogP contribution in [0.3, 0.4) is 0 Å². The number of hydrogen-bond donors (Lipinski definition) is 0. The van der Waals surface area contributed by atoms with Gasteiger partial charge in [0.05, 0.1) is 0 Å². The zero-order chi connectivity index (χ0) is 14.3. The first-order chi connectivity index (χ1) is 9.53. The Morgan fingerprint density at radius 2 is 1.70 bits per heavy atom. The second-order valence-corrected chi connectivity index (χ2v) is 6.19. The van der Waals surface area contributed by atoms with E-state index in [4.69, 9.17) is 0 Å². The van der Waals surface area contributed by atoms with E-state index in [9.17, 15) is 0 Å². The van der Waals surface area contributed by atoms with Crippen molar-refractivity contribution in [3.05, 3.63) is 82.0 Å². The van der Waals surface area contributed by atoms with Crippen LogP contribution in [-0.2, 0) is 5.41 Å². The van der Waals surface area contributed by atoms with Gasteiger partial charge in [0.2, 0.25) is 0 Å². The summed E-state index contributed by atoms with van der Waals surface area (Å²) in [6.07, 6.45) is 12.6. The zero-order valence-corrected chi connectivity index (χ0v) is 12.8. The van der Waals surface area contributed by atoms with Crippen molar-refractivity contribution < 1.29 is 0 Å². The highest BCUT2D eigenvalue weighted by atomic mass is 14.4. The summed E-state index contributed by atoms with van der Waals surface area (Å²) < 4.78 is 0. The third kappa shape index (κ3) is 2.00. The molecule has 0 spiro atoms. The molecule has 0 fully saturated rings. The summed E-state index contributed by atoms with van der Waals surface area (Å²) in [7, 11) is 0. The fraction of sp³-hybridized carbons (Fsp3) is 0.300. The van der Waals surface area contributed by atoms with E-state index in [-0.39, 0.29) is 5.41 Å². The molecule has 0 aromatic heterocycles. The molecule has 1 aromatic rings. The van der Waals surface area contributed by atoms with Crippen molar-refractivity contribution in [3.8, 4) is 0 Å². The summed E-state index contributed by atoms with van der Waals surface area (Å²) in [5, 5.41) is 0. The van der Waals surface area contributed by atoms with E-state index in [1.165, 1.54) is 33.4 Å². The predicted octanol–water partition coefficient (Wildman–Crippen LogP) is 5.33. The molecular weight excluding hydrogens is 240 g/mol. The maximum absolute atomic E-state index is 2.38. The molecule has 102 valence electrons. The molecule has 0 aliphatic heterocycles. The Morgan fingerprint density at radius 3 is 2.35 bits per heavy atom. The Kier molecular flexibility index (Phi) is 3.05. The first-order valence-corrected chi connectivity index (χ1v) is 7.44. The normalized spacial score (nSPS) is 24.1. The van der Waals surface area contributed by atoms with Crippen molar-refractivity contribution in [1.29, 1.82) is 0 Å². The predicted molar refractivity (Wildman–Crippen MR) is 86.9 cm³/mol. The standard InChI is InChI=1S/C20H22/c1-5-16-12-17-7-6-8-20(4,19(17)13-16)18-10-14(2)9-15(3)11-18/h6-13H,5H2,1-4H3. The second kappa shape index (κ2) is 4.63. The molecule has 0 radical (unpaired) electrons.